The van der Waals surface area contributed by atoms with Gasteiger partial charge in [0.05, 0.1) is 7.11 Å². The van der Waals surface area contributed by atoms with E-state index in [1.807, 2.05) is 38.1 Å². The van der Waals surface area contributed by atoms with Crippen molar-refractivity contribution >= 4 is 5.97 Å². The normalized spacial score (nSPS) is 19.9. The molecule has 0 aromatic heterocycles. The van der Waals surface area contributed by atoms with Crippen LogP contribution in [0.15, 0.2) is 42.5 Å². The van der Waals surface area contributed by atoms with Crippen molar-refractivity contribution in [1.82, 2.24) is 0 Å². The molecule has 1 heterocycles. The van der Waals surface area contributed by atoms with E-state index < -0.39 is 5.41 Å². The van der Waals surface area contributed by atoms with Crippen LogP contribution in [-0.4, -0.2) is 18.2 Å². The van der Waals surface area contributed by atoms with Crippen LogP contribution in [0.1, 0.15) is 25.0 Å². The van der Waals surface area contributed by atoms with Gasteiger partial charge in [0.1, 0.15) is 22.7 Å². The molecule has 0 bridgehead atoms. The smallest absolute Gasteiger partial charge is 0.326 e. The van der Waals surface area contributed by atoms with E-state index in [-0.39, 0.29) is 17.6 Å². The zero-order valence-electron chi connectivity index (χ0n) is 12.8. The lowest BCUT2D eigenvalue weighted by Gasteiger charge is -2.30. The highest BCUT2D eigenvalue weighted by atomic mass is 16.5. The molecule has 0 aliphatic carbocycles. The van der Waals surface area contributed by atoms with Crippen LogP contribution < -0.4 is 9.47 Å². The van der Waals surface area contributed by atoms with Gasteiger partial charge in [0.2, 0.25) is 0 Å². The number of carbonyl (C=O) groups excluding carboxylic acids is 1. The Kier molecular flexibility index (Phi) is 3.32. The molecular formula is C18H18O4. The number of ether oxygens (including phenoxy) is 2. The number of carbonyl (C=O) groups is 1. The van der Waals surface area contributed by atoms with E-state index in [9.17, 15) is 9.90 Å². The summed E-state index contributed by atoms with van der Waals surface area (Å²) in [6.07, 6.45) is 0. The van der Waals surface area contributed by atoms with Crippen LogP contribution >= 0.6 is 0 Å². The van der Waals surface area contributed by atoms with E-state index in [0.29, 0.717) is 5.75 Å². The van der Waals surface area contributed by atoms with Gasteiger partial charge in [-0.05, 0) is 29.7 Å². The van der Waals surface area contributed by atoms with Gasteiger partial charge in [-0.25, -0.2) is 0 Å². The van der Waals surface area contributed by atoms with Gasteiger partial charge >= 0.3 is 5.97 Å². The van der Waals surface area contributed by atoms with E-state index in [0.717, 1.165) is 16.9 Å². The van der Waals surface area contributed by atoms with E-state index in [2.05, 4.69) is 0 Å². The van der Waals surface area contributed by atoms with Gasteiger partial charge in [-0.1, -0.05) is 32.0 Å². The highest BCUT2D eigenvalue weighted by Gasteiger charge is 2.52. The number of methoxy groups -OCH3 is 1. The molecule has 1 atom stereocenters. The van der Waals surface area contributed by atoms with Crippen molar-refractivity contribution in [3.63, 3.8) is 0 Å². The van der Waals surface area contributed by atoms with Crippen LogP contribution in [0.25, 0.3) is 0 Å². The summed E-state index contributed by atoms with van der Waals surface area (Å²) >= 11 is 0. The lowest BCUT2D eigenvalue weighted by Crippen LogP contribution is -2.40. The minimum atomic E-state index is -0.866. The van der Waals surface area contributed by atoms with Crippen LogP contribution in [-0.2, 0) is 10.2 Å². The number of aromatic hydroxyl groups is 1. The van der Waals surface area contributed by atoms with Gasteiger partial charge in [-0.2, -0.15) is 0 Å². The third-order valence-electron chi connectivity index (χ3n) is 4.33. The second kappa shape index (κ2) is 5.05. The maximum Gasteiger partial charge on any atom is 0.326 e. The van der Waals surface area contributed by atoms with Crippen molar-refractivity contribution in [3.05, 3.63) is 53.6 Å². The third-order valence-corrected chi connectivity index (χ3v) is 4.33. The Morgan fingerprint density at radius 2 is 1.82 bits per heavy atom. The molecule has 0 spiro atoms. The molecule has 4 nitrogen and oxygen atoms in total. The molecule has 1 aliphatic rings. The topological polar surface area (TPSA) is 55.8 Å². The summed E-state index contributed by atoms with van der Waals surface area (Å²) in [7, 11) is 1.61. The van der Waals surface area contributed by atoms with Crippen LogP contribution in [0, 0.1) is 5.92 Å². The highest BCUT2D eigenvalue weighted by Crippen LogP contribution is 2.50. The monoisotopic (exact) mass is 298 g/mol. The quantitative estimate of drug-likeness (QED) is 0.698. The summed E-state index contributed by atoms with van der Waals surface area (Å²) in [4.78, 5) is 12.7. The molecule has 2 aromatic rings. The lowest BCUT2D eigenvalue weighted by molar-refractivity contribution is -0.138. The van der Waals surface area contributed by atoms with Gasteiger partial charge in [-0.3, -0.25) is 4.79 Å². The van der Waals surface area contributed by atoms with Crippen molar-refractivity contribution in [1.29, 1.82) is 0 Å². The highest BCUT2D eigenvalue weighted by molar-refractivity contribution is 5.95. The van der Waals surface area contributed by atoms with Crippen molar-refractivity contribution in [3.8, 4) is 17.2 Å². The molecule has 0 radical (unpaired) electrons. The predicted molar refractivity (Wildman–Crippen MR) is 82.4 cm³/mol. The number of phenols is 1. The second-order valence-corrected chi connectivity index (χ2v) is 5.76. The van der Waals surface area contributed by atoms with E-state index in [1.54, 1.807) is 19.2 Å². The number of hydrogen-bond acceptors (Lipinski definition) is 4. The van der Waals surface area contributed by atoms with Gasteiger partial charge in [0.15, 0.2) is 0 Å². The van der Waals surface area contributed by atoms with Crippen molar-refractivity contribution in [2.24, 2.45) is 5.92 Å². The number of phenolic OH excluding ortho intramolecular Hbond substituents is 1. The second-order valence-electron chi connectivity index (χ2n) is 5.76. The van der Waals surface area contributed by atoms with Gasteiger partial charge in [0.25, 0.3) is 0 Å². The Bertz CT molecular complexity index is 718. The molecule has 2 aromatic carbocycles. The predicted octanol–water partition coefficient (Wildman–Crippen LogP) is 3.26. The van der Waals surface area contributed by atoms with E-state index in [1.165, 1.54) is 6.07 Å². The molecule has 0 fully saturated rings. The average molecular weight is 298 g/mol. The first-order valence-corrected chi connectivity index (χ1v) is 7.20. The fraction of sp³-hybridized carbons (Fsp3) is 0.278. The fourth-order valence-electron chi connectivity index (χ4n) is 3.22. The minimum absolute atomic E-state index is 0.000752. The molecule has 3 rings (SSSR count). The standard InChI is InChI=1S/C18H18O4/c1-11(2)18(12-4-7-14(21-3)8-5-12)15-9-6-13(19)10-16(15)22-17(18)20/h4-11,19H,1-3H3. The van der Waals surface area contributed by atoms with Gasteiger partial charge in [0, 0.05) is 11.6 Å². The molecule has 1 aliphatic heterocycles. The Balaban J connectivity index is 2.23. The zero-order chi connectivity index (χ0) is 15.9. The summed E-state index contributed by atoms with van der Waals surface area (Å²) in [5.74, 6) is 0.933. The fourth-order valence-corrected chi connectivity index (χ4v) is 3.22. The Morgan fingerprint density at radius 1 is 1.14 bits per heavy atom. The average Bonchev–Trinajstić information content (AvgIpc) is 2.79. The molecule has 0 saturated carbocycles. The molecule has 22 heavy (non-hydrogen) atoms. The number of benzene rings is 2. The van der Waals surface area contributed by atoms with Crippen LogP contribution in [0.4, 0.5) is 0 Å². The maximum absolute atomic E-state index is 12.7. The number of hydrogen-bond donors (Lipinski definition) is 1. The minimum Gasteiger partial charge on any atom is -0.508 e. The first-order valence-electron chi connectivity index (χ1n) is 7.20. The summed E-state index contributed by atoms with van der Waals surface area (Å²) in [5.41, 5.74) is 0.781. The van der Waals surface area contributed by atoms with E-state index in [4.69, 9.17) is 9.47 Å². The lowest BCUT2D eigenvalue weighted by atomic mass is 9.68. The van der Waals surface area contributed by atoms with Crippen LogP contribution in [0.3, 0.4) is 0 Å². The Hall–Kier alpha value is -2.49. The van der Waals surface area contributed by atoms with Gasteiger partial charge in [-0.15, -0.1) is 0 Å². The van der Waals surface area contributed by atoms with Crippen molar-refractivity contribution in [2.75, 3.05) is 7.11 Å². The van der Waals surface area contributed by atoms with Crippen LogP contribution in [0.5, 0.6) is 17.2 Å². The summed E-state index contributed by atoms with van der Waals surface area (Å²) in [5, 5.41) is 9.62. The zero-order valence-corrected chi connectivity index (χ0v) is 12.8. The Morgan fingerprint density at radius 3 is 2.41 bits per heavy atom. The molecule has 0 amide bonds. The number of fused-ring (bicyclic) bond motifs is 1. The maximum atomic E-state index is 12.7. The first kappa shape index (κ1) is 14.4. The van der Waals surface area contributed by atoms with E-state index >= 15 is 0 Å². The molecule has 1 N–H and O–H groups in total. The molecule has 4 heteroatoms. The summed E-state index contributed by atoms with van der Waals surface area (Å²) < 4.78 is 10.6. The molecular weight excluding hydrogens is 280 g/mol. The van der Waals surface area contributed by atoms with Gasteiger partial charge < -0.3 is 14.6 Å². The van der Waals surface area contributed by atoms with Crippen molar-refractivity contribution < 1.29 is 19.4 Å². The van der Waals surface area contributed by atoms with Crippen molar-refractivity contribution in [2.45, 2.75) is 19.3 Å². The molecule has 1 unspecified atom stereocenters. The summed E-state index contributed by atoms with van der Waals surface area (Å²) in [6, 6.07) is 12.3. The first-order chi connectivity index (χ1) is 10.5. The summed E-state index contributed by atoms with van der Waals surface area (Å²) in [6.45, 7) is 3.99. The third kappa shape index (κ3) is 1.87. The number of esters is 1. The Labute approximate surface area is 129 Å². The largest absolute Gasteiger partial charge is 0.508 e. The molecule has 114 valence electrons. The van der Waals surface area contributed by atoms with Crippen LogP contribution in [0.2, 0.25) is 0 Å². The number of rotatable bonds is 3. The molecule has 0 saturated heterocycles. The SMILES string of the molecule is COc1ccc(C2(C(C)C)C(=O)Oc3cc(O)ccc32)cc1.